The van der Waals surface area contributed by atoms with E-state index in [1.807, 2.05) is 13.8 Å². The highest BCUT2D eigenvalue weighted by Gasteiger charge is 2.40. The molecular formula is C20H29FN2O5S2. The quantitative estimate of drug-likeness (QED) is 0.647. The van der Waals surface area contributed by atoms with Gasteiger partial charge in [-0.1, -0.05) is 13.8 Å². The van der Waals surface area contributed by atoms with Crippen LogP contribution in [-0.2, 0) is 24.7 Å². The van der Waals surface area contributed by atoms with E-state index in [1.54, 1.807) is 4.90 Å². The first-order chi connectivity index (χ1) is 14.0. The van der Waals surface area contributed by atoms with Crippen LogP contribution < -0.4 is 0 Å². The molecule has 7 nitrogen and oxygen atoms in total. The minimum absolute atomic E-state index is 0.00192. The molecule has 0 aliphatic carbocycles. The summed E-state index contributed by atoms with van der Waals surface area (Å²) in [6.07, 6.45) is 1.52. The van der Waals surface area contributed by atoms with Crippen LogP contribution in [0.5, 0.6) is 0 Å². The number of sulfone groups is 1. The number of rotatable bonds is 6. The minimum atomic E-state index is -3.83. The van der Waals surface area contributed by atoms with Crippen molar-refractivity contribution in [1.82, 2.24) is 9.21 Å². The zero-order chi connectivity index (χ0) is 22.1. The molecule has 2 aliphatic rings. The molecule has 0 unspecified atom stereocenters. The fourth-order valence-corrected chi connectivity index (χ4v) is 7.44. The van der Waals surface area contributed by atoms with Crippen LogP contribution in [0.25, 0.3) is 0 Å². The first-order valence-electron chi connectivity index (χ1n) is 10.3. The van der Waals surface area contributed by atoms with E-state index in [4.69, 9.17) is 0 Å². The van der Waals surface area contributed by atoms with Gasteiger partial charge in [0.25, 0.3) is 0 Å². The van der Waals surface area contributed by atoms with Crippen LogP contribution in [0.4, 0.5) is 4.39 Å². The van der Waals surface area contributed by atoms with Crippen molar-refractivity contribution in [2.45, 2.75) is 44.0 Å². The maximum Gasteiger partial charge on any atom is 0.243 e. The standard InChI is InChI=1S/C20H29FN2O5S2/c1-15(2)12-23(18-9-11-29(25,26)14-18)20(24)16-4-3-10-22(13-16)30(27,28)19-7-5-17(21)6-8-19/h5-8,15-16,18H,3-4,9-14H2,1-2H3/t16-,18+/m1/s1. The maximum atomic E-state index is 13.3. The molecule has 30 heavy (non-hydrogen) atoms. The maximum absolute atomic E-state index is 13.3. The van der Waals surface area contributed by atoms with Crippen molar-refractivity contribution in [3.8, 4) is 0 Å². The van der Waals surface area contributed by atoms with Crippen molar-refractivity contribution in [1.29, 1.82) is 0 Å². The van der Waals surface area contributed by atoms with Gasteiger partial charge in [0.2, 0.25) is 15.9 Å². The van der Waals surface area contributed by atoms with Gasteiger partial charge >= 0.3 is 0 Å². The molecule has 0 bridgehead atoms. The molecule has 10 heteroatoms. The molecule has 3 rings (SSSR count). The summed E-state index contributed by atoms with van der Waals surface area (Å²) in [5.74, 6) is -0.998. The number of amides is 1. The highest BCUT2D eigenvalue weighted by Crippen LogP contribution is 2.28. The Morgan fingerprint density at radius 2 is 1.90 bits per heavy atom. The lowest BCUT2D eigenvalue weighted by atomic mass is 9.96. The summed E-state index contributed by atoms with van der Waals surface area (Å²) < 4.78 is 64.3. The van der Waals surface area contributed by atoms with Crippen LogP contribution in [0.2, 0.25) is 0 Å². The second-order valence-electron chi connectivity index (χ2n) is 8.60. The largest absolute Gasteiger partial charge is 0.338 e. The van der Waals surface area contributed by atoms with Gasteiger partial charge in [0.1, 0.15) is 5.82 Å². The molecule has 2 aliphatic heterocycles. The Morgan fingerprint density at radius 3 is 2.47 bits per heavy atom. The van der Waals surface area contributed by atoms with E-state index in [1.165, 1.54) is 16.4 Å². The molecule has 1 aromatic carbocycles. The summed E-state index contributed by atoms with van der Waals surface area (Å²) in [5, 5.41) is 0. The van der Waals surface area contributed by atoms with Gasteiger partial charge in [-0.05, 0) is 49.4 Å². The minimum Gasteiger partial charge on any atom is -0.338 e. The van der Waals surface area contributed by atoms with Gasteiger partial charge < -0.3 is 4.90 Å². The number of nitrogens with zero attached hydrogens (tertiary/aromatic N) is 2. The molecule has 0 spiro atoms. The monoisotopic (exact) mass is 460 g/mol. The molecule has 2 fully saturated rings. The van der Waals surface area contributed by atoms with Gasteiger partial charge in [0.15, 0.2) is 9.84 Å². The average molecular weight is 461 g/mol. The summed E-state index contributed by atoms with van der Waals surface area (Å²) in [6.45, 7) is 4.73. The van der Waals surface area contributed by atoms with Gasteiger partial charge in [0, 0.05) is 25.7 Å². The van der Waals surface area contributed by atoms with Gasteiger partial charge in [0.05, 0.1) is 22.3 Å². The molecule has 0 radical (unpaired) electrons. The van der Waals surface area contributed by atoms with Crippen molar-refractivity contribution < 1.29 is 26.0 Å². The molecule has 1 amide bonds. The SMILES string of the molecule is CC(C)CN(C(=O)[C@@H]1CCCN(S(=O)(=O)c2ccc(F)cc2)C1)[C@H]1CCS(=O)(=O)C1. The van der Waals surface area contributed by atoms with Crippen molar-refractivity contribution in [2.75, 3.05) is 31.1 Å². The molecule has 2 atom stereocenters. The van der Waals surface area contributed by atoms with Crippen LogP contribution in [0.15, 0.2) is 29.2 Å². The van der Waals surface area contributed by atoms with E-state index in [-0.39, 0.29) is 40.8 Å². The van der Waals surface area contributed by atoms with Crippen LogP contribution in [0, 0.1) is 17.7 Å². The zero-order valence-corrected chi connectivity index (χ0v) is 19.0. The first kappa shape index (κ1) is 23.1. The van der Waals surface area contributed by atoms with Gasteiger partial charge in [-0.3, -0.25) is 4.79 Å². The predicted octanol–water partition coefficient (Wildman–Crippen LogP) is 1.90. The van der Waals surface area contributed by atoms with E-state index in [0.717, 1.165) is 12.1 Å². The Bertz CT molecular complexity index is 977. The Labute approximate surface area is 178 Å². The Hall–Kier alpha value is -1.52. The lowest BCUT2D eigenvalue weighted by Crippen LogP contribution is -2.50. The highest BCUT2D eigenvalue weighted by atomic mass is 32.2. The van der Waals surface area contributed by atoms with Gasteiger partial charge in [-0.15, -0.1) is 0 Å². The van der Waals surface area contributed by atoms with Crippen molar-refractivity contribution in [3.63, 3.8) is 0 Å². The number of halogens is 1. The number of hydrogen-bond donors (Lipinski definition) is 0. The molecular weight excluding hydrogens is 431 g/mol. The summed E-state index contributed by atoms with van der Waals surface area (Å²) >= 11 is 0. The fourth-order valence-electron chi connectivity index (χ4n) is 4.19. The number of piperidine rings is 1. The Kier molecular flexibility index (Phi) is 6.88. The van der Waals surface area contributed by atoms with Crippen LogP contribution in [0.3, 0.4) is 0 Å². The number of hydrogen-bond acceptors (Lipinski definition) is 5. The van der Waals surface area contributed by atoms with E-state index in [0.29, 0.717) is 32.4 Å². The Morgan fingerprint density at radius 1 is 1.23 bits per heavy atom. The topological polar surface area (TPSA) is 91.8 Å². The normalized spacial score (nSPS) is 24.8. The summed E-state index contributed by atoms with van der Waals surface area (Å²) in [4.78, 5) is 15.0. The van der Waals surface area contributed by atoms with E-state index >= 15 is 0 Å². The van der Waals surface area contributed by atoms with Crippen LogP contribution >= 0.6 is 0 Å². The molecule has 168 valence electrons. The third-order valence-corrected chi connectivity index (χ3v) is 9.31. The van der Waals surface area contributed by atoms with Crippen LogP contribution in [-0.4, -0.2) is 69.1 Å². The molecule has 0 saturated carbocycles. The van der Waals surface area contributed by atoms with Crippen LogP contribution in [0.1, 0.15) is 33.1 Å². The number of sulfonamides is 1. The van der Waals surface area contributed by atoms with E-state index in [9.17, 15) is 26.0 Å². The van der Waals surface area contributed by atoms with Crippen molar-refractivity contribution in [3.05, 3.63) is 30.1 Å². The summed E-state index contributed by atoms with van der Waals surface area (Å²) in [5.41, 5.74) is 0. The second kappa shape index (κ2) is 8.92. The molecule has 0 N–H and O–H groups in total. The predicted molar refractivity (Wildman–Crippen MR) is 111 cm³/mol. The number of carbonyl (C=O) groups excluding carboxylic acids is 1. The van der Waals surface area contributed by atoms with E-state index < -0.39 is 31.6 Å². The number of benzene rings is 1. The second-order valence-corrected chi connectivity index (χ2v) is 12.8. The smallest absolute Gasteiger partial charge is 0.243 e. The lowest BCUT2D eigenvalue weighted by molar-refractivity contribution is -0.139. The fraction of sp³-hybridized carbons (Fsp3) is 0.650. The molecule has 0 aromatic heterocycles. The molecule has 2 saturated heterocycles. The molecule has 1 aromatic rings. The first-order valence-corrected chi connectivity index (χ1v) is 13.5. The third kappa shape index (κ3) is 5.20. The van der Waals surface area contributed by atoms with Gasteiger partial charge in [-0.25, -0.2) is 21.2 Å². The van der Waals surface area contributed by atoms with Gasteiger partial charge in [-0.2, -0.15) is 4.31 Å². The van der Waals surface area contributed by atoms with Crippen molar-refractivity contribution >= 4 is 25.8 Å². The van der Waals surface area contributed by atoms with E-state index in [2.05, 4.69) is 0 Å². The lowest BCUT2D eigenvalue weighted by Gasteiger charge is -2.37. The van der Waals surface area contributed by atoms with Crippen molar-refractivity contribution in [2.24, 2.45) is 11.8 Å². The summed E-state index contributed by atoms with van der Waals surface area (Å²) in [7, 11) is -6.98. The highest BCUT2D eigenvalue weighted by molar-refractivity contribution is 7.91. The zero-order valence-electron chi connectivity index (χ0n) is 17.3. The third-order valence-electron chi connectivity index (χ3n) is 5.68. The number of carbonyl (C=O) groups is 1. The molecule has 2 heterocycles. The average Bonchev–Trinajstić information content (AvgIpc) is 3.05. The summed E-state index contributed by atoms with van der Waals surface area (Å²) in [6, 6.07) is 4.30. The Balaban J connectivity index is 1.78.